The van der Waals surface area contributed by atoms with Crippen LogP contribution >= 0.6 is 0 Å². The number of pyridine rings is 1. The van der Waals surface area contributed by atoms with Gasteiger partial charge in [-0.15, -0.1) is 0 Å². The van der Waals surface area contributed by atoms with Gasteiger partial charge in [-0.2, -0.15) is 0 Å². The summed E-state index contributed by atoms with van der Waals surface area (Å²) in [5.41, 5.74) is 3.30. The van der Waals surface area contributed by atoms with E-state index in [9.17, 15) is 4.79 Å². The second kappa shape index (κ2) is 6.89. The number of para-hydroxylation sites is 1. The third-order valence-corrected chi connectivity index (χ3v) is 3.72. The average Bonchev–Trinajstić information content (AvgIpc) is 2.97. The third-order valence-electron chi connectivity index (χ3n) is 3.72. The molecule has 1 amide bonds. The van der Waals surface area contributed by atoms with Crippen LogP contribution in [0.25, 0.3) is 10.9 Å². The molecule has 112 valence electrons. The van der Waals surface area contributed by atoms with Crippen molar-refractivity contribution in [2.75, 3.05) is 0 Å². The largest absolute Gasteiger partial charge is 0.361 e. The van der Waals surface area contributed by atoms with Crippen molar-refractivity contribution in [1.82, 2.24) is 15.3 Å². The highest BCUT2D eigenvalue weighted by Crippen LogP contribution is 2.19. The first-order valence-corrected chi connectivity index (χ1v) is 7.54. The summed E-state index contributed by atoms with van der Waals surface area (Å²) in [5.74, 6) is 0.0745. The lowest BCUT2D eigenvalue weighted by Gasteiger charge is -2.04. The smallest absolute Gasteiger partial charge is 0.220 e. The first-order chi connectivity index (χ1) is 10.8. The van der Waals surface area contributed by atoms with Gasteiger partial charge in [-0.3, -0.25) is 9.78 Å². The van der Waals surface area contributed by atoms with Crippen LogP contribution in [0.15, 0.2) is 54.9 Å². The zero-order valence-corrected chi connectivity index (χ0v) is 12.4. The number of nitrogens with one attached hydrogen (secondary N) is 2. The predicted molar refractivity (Wildman–Crippen MR) is 87.3 cm³/mol. The molecule has 1 aromatic carbocycles. The molecule has 3 aromatic rings. The Kier molecular flexibility index (Phi) is 4.49. The molecule has 22 heavy (non-hydrogen) atoms. The first kappa shape index (κ1) is 14.3. The Hall–Kier alpha value is -2.62. The fraction of sp³-hybridized carbons (Fsp3) is 0.222. The van der Waals surface area contributed by atoms with E-state index in [1.165, 1.54) is 10.9 Å². The van der Waals surface area contributed by atoms with Crippen LogP contribution in [0.2, 0.25) is 0 Å². The molecular weight excluding hydrogens is 274 g/mol. The number of aromatic nitrogens is 2. The van der Waals surface area contributed by atoms with Gasteiger partial charge >= 0.3 is 0 Å². The Labute approximate surface area is 129 Å². The molecule has 0 fully saturated rings. The van der Waals surface area contributed by atoms with Crippen LogP contribution in [0.4, 0.5) is 0 Å². The summed E-state index contributed by atoms with van der Waals surface area (Å²) in [7, 11) is 0. The second-order valence-corrected chi connectivity index (χ2v) is 5.31. The Morgan fingerprint density at radius 2 is 2.00 bits per heavy atom. The molecule has 0 aliphatic rings. The van der Waals surface area contributed by atoms with E-state index in [4.69, 9.17) is 0 Å². The Balaban J connectivity index is 1.45. The Bertz CT molecular complexity index is 749. The number of fused-ring (bicyclic) bond motifs is 1. The summed E-state index contributed by atoms with van der Waals surface area (Å²) < 4.78 is 0. The highest BCUT2D eigenvalue weighted by atomic mass is 16.1. The quantitative estimate of drug-likeness (QED) is 0.733. The van der Waals surface area contributed by atoms with E-state index >= 15 is 0 Å². The van der Waals surface area contributed by atoms with E-state index in [-0.39, 0.29) is 5.91 Å². The highest BCUT2D eigenvalue weighted by Gasteiger charge is 2.05. The van der Waals surface area contributed by atoms with Gasteiger partial charge in [0.2, 0.25) is 5.91 Å². The predicted octanol–water partition coefficient (Wildman–Crippen LogP) is 3.20. The number of benzene rings is 1. The normalized spacial score (nSPS) is 10.7. The molecular formula is C18H19N3O. The number of carbonyl (C=O) groups is 1. The van der Waals surface area contributed by atoms with Gasteiger partial charge < -0.3 is 10.3 Å². The lowest BCUT2D eigenvalue weighted by atomic mass is 10.1. The van der Waals surface area contributed by atoms with Crippen molar-refractivity contribution in [3.8, 4) is 0 Å². The molecule has 4 heteroatoms. The van der Waals surface area contributed by atoms with E-state index < -0.39 is 0 Å². The van der Waals surface area contributed by atoms with Gasteiger partial charge in [-0.05, 0) is 36.6 Å². The summed E-state index contributed by atoms with van der Waals surface area (Å²) in [5, 5.41) is 4.15. The number of carbonyl (C=O) groups excluding carboxylic acids is 1. The van der Waals surface area contributed by atoms with E-state index in [2.05, 4.69) is 27.4 Å². The number of nitrogens with zero attached hydrogens (tertiary/aromatic N) is 1. The second-order valence-electron chi connectivity index (χ2n) is 5.31. The summed E-state index contributed by atoms with van der Waals surface area (Å²) in [6.45, 7) is 0.493. The zero-order valence-electron chi connectivity index (χ0n) is 12.4. The number of hydrogen-bond acceptors (Lipinski definition) is 2. The summed E-state index contributed by atoms with van der Waals surface area (Å²) >= 11 is 0. The molecule has 0 aliphatic carbocycles. The molecule has 2 aromatic heterocycles. The number of amides is 1. The minimum atomic E-state index is 0.0745. The van der Waals surface area contributed by atoms with Crippen molar-refractivity contribution >= 4 is 16.8 Å². The zero-order chi connectivity index (χ0) is 15.2. The van der Waals surface area contributed by atoms with Crippen LogP contribution in [-0.4, -0.2) is 15.9 Å². The molecule has 0 saturated carbocycles. The SMILES string of the molecule is O=C(CCCc1c[nH]c2ccccc12)NCc1ccccn1. The van der Waals surface area contributed by atoms with Crippen molar-refractivity contribution in [1.29, 1.82) is 0 Å². The molecule has 3 rings (SSSR count). The lowest BCUT2D eigenvalue weighted by molar-refractivity contribution is -0.121. The van der Waals surface area contributed by atoms with Gasteiger partial charge in [0.15, 0.2) is 0 Å². The molecule has 0 bridgehead atoms. The summed E-state index contributed by atoms with van der Waals surface area (Å²) in [6, 6.07) is 13.9. The summed E-state index contributed by atoms with van der Waals surface area (Å²) in [6.07, 6.45) is 6.05. The van der Waals surface area contributed by atoms with Gasteiger partial charge in [-0.1, -0.05) is 24.3 Å². The Morgan fingerprint density at radius 3 is 2.86 bits per heavy atom. The Morgan fingerprint density at radius 1 is 1.14 bits per heavy atom. The van der Waals surface area contributed by atoms with Crippen LogP contribution < -0.4 is 5.32 Å². The van der Waals surface area contributed by atoms with Gasteiger partial charge in [-0.25, -0.2) is 0 Å². The molecule has 2 heterocycles. The first-order valence-electron chi connectivity index (χ1n) is 7.54. The van der Waals surface area contributed by atoms with Crippen molar-refractivity contribution in [3.63, 3.8) is 0 Å². The average molecular weight is 293 g/mol. The monoisotopic (exact) mass is 293 g/mol. The maximum atomic E-state index is 11.9. The minimum absolute atomic E-state index is 0.0745. The fourth-order valence-corrected chi connectivity index (χ4v) is 2.56. The van der Waals surface area contributed by atoms with E-state index in [1.807, 2.05) is 36.5 Å². The van der Waals surface area contributed by atoms with Crippen molar-refractivity contribution < 1.29 is 4.79 Å². The van der Waals surface area contributed by atoms with Gasteiger partial charge in [0.25, 0.3) is 0 Å². The molecule has 0 atom stereocenters. The minimum Gasteiger partial charge on any atom is -0.361 e. The number of rotatable bonds is 6. The van der Waals surface area contributed by atoms with Crippen LogP contribution in [0.5, 0.6) is 0 Å². The van der Waals surface area contributed by atoms with E-state index in [0.29, 0.717) is 13.0 Å². The number of aryl methyl sites for hydroxylation is 1. The topological polar surface area (TPSA) is 57.8 Å². The lowest BCUT2D eigenvalue weighted by Crippen LogP contribution is -2.22. The number of hydrogen-bond donors (Lipinski definition) is 2. The molecule has 0 aliphatic heterocycles. The van der Waals surface area contributed by atoms with Crippen molar-refractivity contribution in [2.24, 2.45) is 0 Å². The van der Waals surface area contributed by atoms with Crippen LogP contribution in [0.1, 0.15) is 24.1 Å². The molecule has 2 N–H and O–H groups in total. The van der Waals surface area contributed by atoms with Gasteiger partial charge in [0.1, 0.15) is 0 Å². The third kappa shape index (κ3) is 3.52. The molecule has 4 nitrogen and oxygen atoms in total. The van der Waals surface area contributed by atoms with Gasteiger partial charge in [0, 0.05) is 29.7 Å². The molecule has 0 unspecified atom stereocenters. The molecule has 0 spiro atoms. The van der Waals surface area contributed by atoms with Crippen molar-refractivity contribution in [3.05, 3.63) is 66.1 Å². The standard InChI is InChI=1S/C18H19N3O/c22-18(21-13-15-7-3-4-11-19-15)10-5-6-14-12-20-17-9-2-1-8-16(14)17/h1-4,7-9,11-12,20H,5-6,10,13H2,(H,21,22). The highest BCUT2D eigenvalue weighted by molar-refractivity contribution is 5.83. The van der Waals surface area contributed by atoms with E-state index in [0.717, 1.165) is 24.1 Å². The van der Waals surface area contributed by atoms with Crippen LogP contribution in [0, 0.1) is 0 Å². The van der Waals surface area contributed by atoms with Crippen LogP contribution in [-0.2, 0) is 17.8 Å². The van der Waals surface area contributed by atoms with Crippen molar-refractivity contribution in [2.45, 2.75) is 25.8 Å². The van der Waals surface area contributed by atoms with Gasteiger partial charge in [0.05, 0.1) is 12.2 Å². The maximum Gasteiger partial charge on any atom is 0.220 e. The van der Waals surface area contributed by atoms with Crippen LogP contribution in [0.3, 0.4) is 0 Å². The maximum absolute atomic E-state index is 11.9. The summed E-state index contributed by atoms with van der Waals surface area (Å²) in [4.78, 5) is 19.3. The fourth-order valence-electron chi connectivity index (χ4n) is 2.56. The number of H-pyrrole nitrogens is 1. The number of aromatic amines is 1. The molecule has 0 saturated heterocycles. The molecule has 0 radical (unpaired) electrons. The van der Waals surface area contributed by atoms with E-state index in [1.54, 1.807) is 6.20 Å².